The summed E-state index contributed by atoms with van der Waals surface area (Å²) < 4.78 is 11.2. The topological polar surface area (TPSA) is 79.6 Å². The number of hydrogen-bond acceptors (Lipinski definition) is 6. The molecule has 0 radical (unpaired) electrons. The number of piperidine rings is 1. The molecule has 25 heavy (non-hydrogen) atoms. The van der Waals surface area contributed by atoms with Gasteiger partial charge >= 0.3 is 0 Å². The quantitative estimate of drug-likeness (QED) is 0.890. The minimum Gasteiger partial charge on any atom is -0.490 e. The van der Waals surface area contributed by atoms with Crippen LogP contribution in [0.4, 0.5) is 11.4 Å². The molecule has 0 aliphatic carbocycles. The summed E-state index contributed by atoms with van der Waals surface area (Å²) in [5.74, 6) is 1.54. The lowest BCUT2D eigenvalue weighted by molar-refractivity contribution is 0.102. The van der Waals surface area contributed by atoms with E-state index >= 15 is 0 Å². The van der Waals surface area contributed by atoms with E-state index in [0.717, 1.165) is 49.6 Å². The molecule has 1 aromatic heterocycles. The minimum atomic E-state index is -0.235. The van der Waals surface area contributed by atoms with Gasteiger partial charge in [0.2, 0.25) is 0 Å². The van der Waals surface area contributed by atoms with E-state index in [-0.39, 0.29) is 11.8 Å². The summed E-state index contributed by atoms with van der Waals surface area (Å²) in [4.78, 5) is 19.0. The number of benzene rings is 1. The van der Waals surface area contributed by atoms with Crippen LogP contribution in [0.25, 0.3) is 0 Å². The van der Waals surface area contributed by atoms with Crippen LogP contribution >= 0.6 is 0 Å². The number of amides is 1. The minimum absolute atomic E-state index is 0.235. The Bertz CT molecular complexity index is 767. The first-order valence-electron chi connectivity index (χ1n) is 8.66. The Morgan fingerprint density at radius 2 is 2.20 bits per heavy atom. The van der Waals surface area contributed by atoms with E-state index in [0.29, 0.717) is 18.1 Å². The maximum absolute atomic E-state index is 12.7. The summed E-state index contributed by atoms with van der Waals surface area (Å²) in [6, 6.07) is 5.66. The Kier molecular flexibility index (Phi) is 4.31. The number of rotatable bonds is 3. The van der Waals surface area contributed by atoms with Crippen LogP contribution in [0, 0.1) is 0 Å². The molecule has 0 unspecified atom stereocenters. The van der Waals surface area contributed by atoms with E-state index in [2.05, 4.69) is 20.5 Å². The molecule has 7 nitrogen and oxygen atoms in total. The van der Waals surface area contributed by atoms with Crippen LogP contribution in [-0.2, 0) is 0 Å². The maximum Gasteiger partial charge on any atom is 0.277 e. The molecule has 0 atom stereocenters. The predicted molar refractivity (Wildman–Crippen MR) is 94.5 cm³/mol. The van der Waals surface area contributed by atoms with Crippen molar-refractivity contribution in [3.8, 4) is 5.75 Å². The highest BCUT2D eigenvalue weighted by Crippen LogP contribution is 2.33. The van der Waals surface area contributed by atoms with Gasteiger partial charge in [-0.3, -0.25) is 4.79 Å². The summed E-state index contributed by atoms with van der Waals surface area (Å²) >= 11 is 0. The van der Waals surface area contributed by atoms with Crippen LogP contribution < -0.4 is 20.3 Å². The molecule has 0 bridgehead atoms. The first kappa shape index (κ1) is 16.0. The van der Waals surface area contributed by atoms with E-state index in [9.17, 15) is 4.79 Å². The van der Waals surface area contributed by atoms with Crippen molar-refractivity contribution in [2.45, 2.75) is 18.8 Å². The Balaban J connectivity index is 1.53. The van der Waals surface area contributed by atoms with Crippen LogP contribution in [0.3, 0.4) is 0 Å². The predicted octanol–water partition coefficient (Wildman–Crippen LogP) is 2.22. The number of carbonyl (C=O) groups is 1. The van der Waals surface area contributed by atoms with Crippen LogP contribution in [0.1, 0.15) is 35.0 Å². The molecular formula is C18H22N4O3. The fraction of sp³-hybridized carbons (Fsp3) is 0.444. The van der Waals surface area contributed by atoms with Crippen LogP contribution in [0.5, 0.6) is 5.75 Å². The normalized spacial score (nSPS) is 17.7. The lowest BCUT2D eigenvalue weighted by atomic mass is 9.94. The van der Waals surface area contributed by atoms with Gasteiger partial charge in [-0.05, 0) is 44.1 Å². The third-order valence-corrected chi connectivity index (χ3v) is 4.83. The number of likely N-dealkylation sites (N-methyl/N-ethyl adjacent to an activating group) is 1. The van der Waals surface area contributed by atoms with Gasteiger partial charge in [-0.15, -0.1) is 0 Å². The Morgan fingerprint density at radius 1 is 1.36 bits per heavy atom. The van der Waals surface area contributed by atoms with Crippen LogP contribution in [-0.4, -0.2) is 44.2 Å². The Hall–Kier alpha value is -2.54. The van der Waals surface area contributed by atoms with E-state index in [1.807, 2.05) is 25.2 Å². The van der Waals surface area contributed by atoms with Gasteiger partial charge in [0.25, 0.3) is 5.91 Å². The molecule has 1 amide bonds. The standard InChI is InChI=1S/C18H22N4O3/c1-22-8-9-24-15-3-2-13(10-14(15)22)21-18(23)16-17(25-11-20-16)12-4-6-19-7-5-12/h2-3,10-12,19H,4-9H2,1H3,(H,21,23). The first-order valence-corrected chi connectivity index (χ1v) is 8.66. The van der Waals surface area contributed by atoms with Crippen molar-refractivity contribution in [3.63, 3.8) is 0 Å². The lowest BCUT2D eigenvalue weighted by Crippen LogP contribution is -2.29. The van der Waals surface area contributed by atoms with Gasteiger partial charge in [-0.1, -0.05) is 0 Å². The first-order chi connectivity index (χ1) is 12.2. The number of aromatic nitrogens is 1. The fourth-order valence-corrected chi connectivity index (χ4v) is 3.42. The second-order valence-electron chi connectivity index (χ2n) is 6.50. The molecule has 132 valence electrons. The van der Waals surface area contributed by atoms with E-state index in [1.165, 1.54) is 6.39 Å². The van der Waals surface area contributed by atoms with Crippen molar-refractivity contribution >= 4 is 17.3 Å². The monoisotopic (exact) mass is 342 g/mol. The summed E-state index contributed by atoms with van der Waals surface area (Å²) in [6.07, 6.45) is 3.27. The van der Waals surface area contributed by atoms with E-state index in [1.54, 1.807) is 0 Å². The molecule has 2 aromatic rings. The Morgan fingerprint density at radius 3 is 3.04 bits per heavy atom. The highest BCUT2D eigenvalue weighted by atomic mass is 16.5. The third kappa shape index (κ3) is 3.19. The molecule has 0 saturated carbocycles. The SMILES string of the molecule is CN1CCOc2ccc(NC(=O)c3ncoc3C3CCNCC3)cc21. The fourth-order valence-electron chi connectivity index (χ4n) is 3.42. The van der Waals surface area contributed by atoms with Crippen molar-refractivity contribution < 1.29 is 13.9 Å². The summed E-state index contributed by atoms with van der Waals surface area (Å²) in [5, 5.41) is 6.25. The van der Waals surface area contributed by atoms with E-state index < -0.39 is 0 Å². The average Bonchev–Trinajstić information content (AvgIpc) is 3.13. The second kappa shape index (κ2) is 6.76. The average molecular weight is 342 g/mol. The largest absolute Gasteiger partial charge is 0.490 e. The zero-order chi connectivity index (χ0) is 17.2. The zero-order valence-electron chi connectivity index (χ0n) is 14.2. The van der Waals surface area contributed by atoms with Gasteiger partial charge in [-0.25, -0.2) is 4.98 Å². The molecule has 1 fully saturated rings. The molecule has 2 aliphatic rings. The maximum atomic E-state index is 12.7. The summed E-state index contributed by atoms with van der Waals surface area (Å²) in [6.45, 7) is 3.37. The highest BCUT2D eigenvalue weighted by molar-refractivity contribution is 6.04. The van der Waals surface area contributed by atoms with Crippen molar-refractivity contribution in [1.82, 2.24) is 10.3 Å². The molecule has 1 saturated heterocycles. The number of ether oxygens (including phenoxy) is 1. The smallest absolute Gasteiger partial charge is 0.277 e. The van der Waals surface area contributed by atoms with E-state index in [4.69, 9.17) is 9.15 Å². The number of nitrogens with one attached hydrogen (secondary N) is 2. The molecule has 1 aromatic carbocycles. The van der Waals surface area contributed by atoms with Gasteiger partial charge in [0.1, 0.15) is 18.1 Å². The van der Waals surface area contributed by atoms with Crippen LogP contribution in [0.2, 0.25) is 0 Å². The van der Waals surface area contributed by atoms with Crippen molar-refractivity contribution in [3.05, 3.63) is 36.0 Å². The van der Waals surface area contributed by atoms with Gasteiger partial charge in [-0.2, -0.15) is 0 Å². The van der Waals surface area contributed by atoms with Gasteiger partial charge in [0, 0.05) is 18.7 Å². The third-order valence-electron chi connectivity index (χ3n) is 4.83. The second-order valence-corrected chi connectivity index (χ2v) is 6.50. The van der Waals surface area contributed by atoms with Crippen molar-refractivity contribution in [1.29, 1.82) is 0 Å². The van der Waals surface area contributed by atoms with Crippen molar-refractivity contribution in [2.24, 2.45) is 0 Å². The molecular weight excluding hydrogens is 320 g/mol. The molecule has 0 spiro atoms. The van der Waals surface area contributed by atoms with Crippen LogP contribution in [0.15, 0.2) is 29.0 Å². The van der Waals surface area contributed by atoms with Gasteiger partial charge < -0.3 is 24.7 Å². The van der Waals surface area contributed by atoms with Gasteiger partial charge in [0.05, 0.1) is 12.2 Å². The molecule has 2 N–H and O–H groups in total. The summed E-state index contributed by atoms with van der Waals surface area (Å²) in [7, 11) is 2.01. The number of nitrogens with zero attached hydrogens (tertiary/aromatic N) is 2. The Labute approximate surface area is 146 Å². The number of fused-ring (bicyclic) bond motifs is 1. The van der Waals surface area contributed by atoms with Gasteiger partial charge in [0.15, 0.2) is 12.1 Å². The highest BCUT2D eigenvalue weighted by Gasteiger charge is 2.26. The molecule has 7 heteroatoms. The molecule has 3 heterocycles. The number of anilines is 2. The summed E-state index contributed by atoms with van der Waals surface area (Å²) in [5.41, 5.74) is 2.08. The number of carbonyl (C=O) groups excluding carboxylic acids is 1. The zero-order valence-corrected chi connectivity index (χ0v) is 14.2. The molecule has 2 aliphatic heterocycles. The van der Waals surface area contributed by atoms with Crippen molar-refractivity contribution in [2.75, 3.05) is 43.5 Å². The number of oxazole rings is 1. The number of hydrogen-bond donors (Lipinski definition) is 2. The molecule has 4 rings (SSSR count). The lowest BCUT2D eigenvalue weighted by Gasteiger charge is -2.28.